The van der Waals surface area contributed by atoms with E-state index in [-0.39, 0.29) is 36.6 Å². The summed E-state index contributed by atoms with van der Waals surface area (Å²) in [5.41, 5.74) is -2.18. The smallest absolute Gasteiger partial charge is 0.416 e. The lowest BCUT2D eigenvalue weighted by atomic mass is 9.95. The van der Waals surface area contributed by atoms with Gasteiger partial charge in [-0.05, 0) is 57.0 Å². The molecule has 0 radical (unpaired) electrons. The molecular weight excluding hydrogens is 480 g/mol. The van der Waals surface area contributed by atoms with Crippen LogP contribution in [0, 0.1) is 0 Å². The quantitative estimate of drug-likeness (QED) is 0.498. The minimum absolute atomic E-state index is 0.0894. The number of methoxy groups -OCH3 is 1. The molecule has 0 saturated carbocycles. The van der Waals surface area contributed by atoms with Gasteiger partial charge in [0.05, 0.1) is 41.8 Å². The Hall–Kier alpha value is -3.02. The molecule has 1 aromatic carbocycles. The molecule has 0 bridgehead atoms. The molecular formula is C23H25F6N3O3. The van der Waals surface area contributed by atoms with Crippen LogP contribution in [0.15, 0.2) is 30.3 Å². The van der Waals surface area contributed by atoms with E-state index in [1.807, 2.05) is 0 Å². The molecule has 1 aromatic heterocycles. The fourth-order valence-corrected chi connectivity index (χ4v) is 3.90. The van der Waals surface area contributed by atoms with Crippen molar-refractivity contribution in [2.45, 2.75) is 64.3 Å². The lowest BCUT2D eigenvalue weighted by Crippen LogP contribution is -2.46. The van der Waals surface area contributed by atoms with E-state index in [1.54, 1.807) is 32.9 Å². The van der Waals surface area contributed by atoms with E-state index in [1.165, 1.54) is 12.0 Å². The number of amides is 1. The first-order valence-electron chi connectivity index (χ1n) is 10.8. The Morgan fingerprint density at radius 1 is 1.11 bits per heavy atom. The molecule has 1 amide bonds. The maximum absolute atomic E-state index is 13.2. The van der Waals surface area contributed by atoms with Crippen LogP contribution in [0.4, 0.5) is 36.8 Å². The summed E-state index contributed by atoms with van der Waals surface area (Å²) in [6.45, 7) is 4.87. The molecule has 3 rings (SSSR count). The number of hydrogen-bond acceptors (Lipinski definition) is 5. The number of nitrogens with one attached hydrogen (secondary N) is 1. The van der Waals surface area contributed by atoms with Crippen LogP contribution >= 0.6 is 0 Å². The summed E-state index contributed by atoms with van der Waals surface area (Å²) in [4.78, 5) is 18.5. The van der Waals surface area contributed by atoms with Gasteiger partial charge in [0.15, 0.2) is 0 Å². The van der Waals surface area contributed by atoms with E-state index < -0.39 is 41.7 Å². The molecule has 12 heteroatoms. The number of fused-ring (bicyclic) bond motifs is 1. The number of halogens is 6. The Morgan fingerprint density at radius 3 is 2.23 bits per heavy atom. The number of pyridine rings is 1. The average Bonchev–Trinajstić information content (AvgIpc) is 2.75. The van der Waals surface area contributed by atoms with Gasteiger partial charge in [-0.2, -0.15) is 26.3 Å². The highest BCUT2D eigenvalue weighted by atomic mass is 19.4. The summed E-state index contributed by atoms with van der Waals surface area (Å²) in [6, 6.07) is 3.63. The van der Waals surface area contributed by atoms with Crippen molar-refractivity contribution in [2.75, 3.05) is 12.0 Å². The highest BCUT2D eigenvalue weighted by Gasteiger charge is 2.38. The third-order valence-electron chi connectivity index (χ3n) is 5.43. The lowest BCUT2D eigenvalue weighted by molar-refractivity contribution is -0.143. The number of alkyl halides is 6. The van der Waals surface area contributed by atoms with Crippen LogP contribution in [0.5, 0.6) is 5.88 Å². The average molecular weight is 505 g/mol. The second kappa shape index (κ2) is 9.92. The van der Waals surface area contributed by atoms with Crippen LogP contribution < -0.4 is 15.0 Å². The van der Waals surface area contributed by atoms with Crippen LogP contribution in [-0.2, 0) is 23.6 Å². The molecule has 2 unspecified atom stereocenters. The molecule has 0 spiro atoms. The van der Waals surface area contributed by atoms with Gasteiger partial charge in [0.25, 0.3) is 0 Å². The van der Waals surface area contributed by atoms with Crippen LogP contribution in [-0.4, -0.2) is 30.3 Å². The van der Waals surface area contributed by atoms with E-state index in [0.717, 1.165) is 0 Å². The number of rotatable bonds is 5. The Morgan fingerprint density at radius 2 is 1.71 bits per heavy atom. The van der Waals surface area contributed by atoms with Crippen molar-refractivity contribution >= 4 is 11.8 Å². The molecule has 1 aliphatic heterocycles. The standard InChI is InChI=1S/C23H25F6N3O3/c1-12(2)35-21(33)32-13(3)7-17(20-18(32)5-6-19(31-20)34-4)30-11-14-8-15(22(24,25)26)10-16(9-14)23(27,28)29/h5-6,8-10,12-13,17,30H,7,11H2,1-4H3. The van der Waals surface area contributed by atoms with Gasteiger partial charge in [-0.25, -0.2) is 9.78 Å². The number of ether oxygens (including phenoxy) is 2. The fourth-order valence-electron chi connectivity index (χ4n) is 3.90. The Bertz CT molecular complexity index is 1040. The maximum atomic E-state index is 13.2. The zero-order valence-electron chi connectivity index (χ0n) is 19.4. The molecule has 35 heavy (non-hydrogen) atoms. The Labute approximate surface area is 198 Å². The van der Waals surface area contributed by atoms with Gasteiger partial charge in [0.2, 0.25) is 5.88 Å². The van der Waals surface area contributed by atoms with E-state index in [0.29, 0.717) is 23.5 Å². The van der Waals surface area contributed by atoms with E-state index in [4.69, 9.17) is 9.47 Å². The molecule has 2 aromatic rings. The van der Waals surface area contributed by atoms with Gasteiger partial charge >= 0.3 is 18.4 Å². The zero-order valence-corrected chi connectivity index (χ0v) is 19.4. The number of carbonyl (C=O) groups is 1. The fraction of sp³-hybridized carbons (Fsp3) is 0.478. The van der Waals surface area contributed by atoms with Gasteiger partial charge in [-0.3, -0.25) is 4.90 Å². The second-order valence-electron chi connectivity index (χ2n) is 8.49. The summed E-state index contributed by atoms with van der Waals surface area (Å²) < 4.78 is 89.7. The number of nitrogens with zero attached hydrogens (tertiary/aromatic N) is 2. The number of anilines is 1. The SMILES string of the molecule is COc1ccc2c(n1)C(NCc1cc(C(F)(F)F)cc(C(F)(F)F)c1)CC(C)N2C(=O)OC(C)C. The first-order valence-corrected chi connectivity index (χ1v) is 10.8. The van der Waals surface area contributed by atoms with Crippen LogP contribution in [0.25, 0.3) is 0 Å². The second-order valence-corrected chi connectivity index (χ2v) is 8.49. The predicted molar refractivity (Wildman–Crippen MR) is 115 cm³/mol. The highest BCUT2D eigenvalue weighted by Crippen LogP contribution is 2.39. The number of benzene rings is 1. The van der Waals surface area contributed by atoms with Crippen LogP contribution in [0.1, 0.15) is 55.6 Å². The number of aromatic nitrogens is 1. The van der Waals surface area contributed by atoms with Crippen molar-refractivity contribution in [1.82, 2.24) is 10.3 Å². The molecule has 0 fully saturated rings. The largest absolute Gasteiger partial charge is 0.481 e. The minimum atomic E-state index is -4.94. The lowest BCUT2D eigenvalue weighted by Gasteiger charge is -2.38. The van der Waals surface area contributed by atoms with E-state index in [9.17, 15) is 31.1 Å². The van der Waals surface area contributed by atoms with Gasteiger partial charge in [0, 0.05) is 18.7 Å². The van der Waals surface area contributed by atoms with Gasteiger partial charge < -0.3 is 14.8 Å². The highest BCUT2D eigenvalue weighted by molar-refractivity contribution is 5.90. The number of carbonyl (C=O) groups excluding carboxylic acids is 1. The normalized spacial score (nSPS) is 18.4. The summed E-state index contributed by atoms with van der Waals surface area (Å²) >= 11 is 0. The van der Waals surface area contributed by atoms with Crippen molar-refractivity contribution in [3.05, 3.63) is 52.7 Å². The van der Waals surface area contributed by atoms with Crippen LogP contribution in [0.2, 0.25) is 0 Å². The van der Waals surface area contributed by atoms with Crippen LogP contribution in [0.3, 0.4) is 0 Å². The molecule has 192 valence electrons. The van der Waals surface area contributed by atoms with E-state index >= 15 is 0 Å². The van der Waals surface area contributed by atoms with Gasteiger partial charge in [0.1, 0.15) is 0 Å². The Balaban J connectivity index is 1.94. The monoisotopic (exact) mass is 505 g/mol. The molecule has 2 heterocycles. The Kier molecular flexibility index (Phi) is 7.53. The van der Waals surface area contributed by atoms with E-state index in [2.05, 4.69) is 10.3 Å². The summed E-state index contributed by atoms with van der Waals surface area (Å²) in [6.07, 6.45) is -10.6. The zero-order chi connectivity index (χ0) is 26.1. The molecule has 1 N–H and O–H groups in total. The van der Waals surface area contributed by atoms with Crippen molar-refractivity contribution in [3.8, 4) is 5.88 Å². The van der Waals surface area contributed by atoms with Crippen molar-refractivity contribution in [3.63, 3.8) is 0 Å². The third-order valence-corrected chi connectivity index (χ3v) is 5.43. The van der Waals surface area contributed by atoms with Crippen molar-refractivity contribution in [2.24, 2.45) is 0 Å². The summed E-state index contributed by atoms with van der Waals surface area (Å²) in [5, 5.41) is 3.00. The van der Waals surface area contributed by atoms with Crippen molar-refractivity contribution in [1.29, 1.82) is 0 Å². The third kappa shape index (κ3) is 6.16. The molecule has 0 aliphatic carbocycles. The summed E-state index contributed by atoms with van der Waals surface area (Å²) in [7, 11) is 1.40. The molecule has 2 atom stereocenters. The number of hydrogen-bond donors (Lipinski definition) is 1. The van der Waals surface area contributed by atoms with Gasteiger partial charge in [-0.1, -0.05) is 0 Å². The first kappa shape index (κ1) is 26.6. The molecule has 1 aliphatic rings. The topological polar surface area (TPSA) is 63.7 Å². The first-order chi connectivity index (χ1) is 16.2. The molecule has 6 nitrogen and oxygen atoms in total. The molecule has 0 saturated heterocycles. The summed E-state index contributed by atoms with van der Waals surface area (Å²) in [5.74, 6) is 0.237. The predicted octanol–water partition coefficient (Wildman–Crippen LogP) is 6.10. The minimum Gasteiger partial charge on any atom is -0.481 e. The maximum Gasteiger partial charge on any atom is 0.416 e. The van der Waals surface area contributed by atoms with Crippen molar-refractivity contribution < 1.29 is 40.6 Å². The van der Waals surface area contributed by atoms with Gasteiger partial charge in [-0.15, -0.1) is 0 Å².